The average molecular weight is 291 g/mol. The second-order valence-electron chi connectivity index (χ2n) is 8.55. The molecule has 3 aliphatic rings. The van der Waals surface area contributed by atoms with Gasteiger partial charge in [0.25, 0.3) is 0 Å². The van der Waals surface area contributed by atoms with Crippen molar-refractivity contribution in [2.45, 2.75) is 90.6 Å². The molecule has 0 N–H and O–H groups in total. The third-order valence-corrected chi connectivity index (χ3v) is 7.05. The number of Topliss-reactive ketones (excluding diaryl/α,β-unsaturated/α-hetero) is 1. The molecule has 0 aromatic carbocycles. The molecular weight excluding hydrogens is 258 g/mol. The molecule has 1 heterocycles. The molecule has 2 saturated carbocycles. The van der Waals surface area contributed by atoms with Gasteiger partial charge in [-0.1, -0.05) is 39.5 Å². The Kier molecular flexibility index (Phi) is 3.97. The van der Waals surface area contributed by atoms with Gasteiger partial charge in [-0.15, -0.1) is 0 Å². The highest BCUT2D eigenvalue weighted by molar-refractivity contribution is 5.84. The van der Waals surface area contributed by atoms with Crippen LogP contribution in [0.2, 0.25) is 0 Å². The minimum Gasteiger partial charge on any atom is -0.298 e. The Bertz CT molecular complexity index is 410. The quantitative estimate of drug-likeness (QED) is 0.747. The Labute approximate surface area is 130 Å². The molecule has 1 saturated heterocycles. The molecule has 0 amide bonds. The maximum absolute atomic E-state index is 12.5. The zero-order valence-electron chi connectivity index (χ0n) is 14.5. The maximum atomic E-state index is 12.5. The summed E-state index contributed by atoms with van der Waals surface area (Å²) in [5, 5.41) is 0. The standard InChI is InChI=1S/C19H33NO/c1-5-17(21)16-12-19(13-20(16)18(3,4)6-2)11-15(19)14-9-7-8-10-14/h14-16H,5-13H2,1-4H3/t15?,16-,19-/m0/s1. The number of hydrogen-bond acceptors (Lipinski definition) is 2. The first kappa shape index (κ1) is 15.5. The lowest BCUT2D eigenvalue weighted by molar-refractivity contribution is -0.124. The number of carbonyl (C=O) groups is 1. The number of likely N-dealkylation sites (tertiary alicyclic amines) is 1. The molecule has 3 rings (SSSR count). The zero-order chi connectivity index (χ0) is 15.3. The highest BCUT2D eigenvalue weighted by Crippen LogP contribution is 2.66. The van der Waals surface area contributed by atoms with Crippen LogP contribution in [0.1, 0.15) is 79.1 Å². The molecule has 3 atom stereocenters. The van der Waals surface area contributed by atoms with Gasteiger partial charge in [-0.25, -0.2) is 0 Å². The largest absolute Gasteiger partial charge is 0.298 e. The Hall–Kier alpha value is -0.370. The first-order valence-corrected chi connectivity index (χ1v) is 9.23. The van der Waals surface area contributed by atoms with Crippen molar-refractivity contribution in [2.24, 2.45) is 17.3 Å². The Balaban J connectivity index is 1.77. The predicted octanol–water partition coefficient (Wildman–Crippen LogP) is 4.42. The summed E-state index contributed by atoms with van der Waals surface area (Å²) in [4.78, 5) is 15.1. The first-order valence-electron chi connectivity index (χ1n) is 9.23. The topological polar surface area (TPSA) is 20.3 Å². The maximum Gasteiger partial charge on any atom is 0.149 e. The summed E-state index contributed by atoms with van der Waals surface area (Å²) in [6.07, 6.45) is 10.2. The van der Waals surface area contributed by atoms with Gasteiger partial charge in [-0.3, -0.25) is 9.69 Å². The molecule has 1 aliphatic heterocycles. The molecule has 1 spiro atoms. The van der Waals surface area contributed by atoms with E-state index in [0.717, 1.165) is 24.7 Å². The lowest BCUT2D eigenvalue weighted by Crippen LogP contribution is -2.49. The fourth-order valence-corrected chi connectivity index (χ4v) is 5.19. The van der Waals surface area contributed by atoms with Crippen LogP contribution >= 0.6 is 0 Å². The van der Waals surface area contributed by atoms with E-state index in [9.17, 15) is 4.79 Å². The molecule has 0 radical (unpaired) electrons. The van der Waals surface area contributed by atoms with E-state index < -0.39 is 0 Å². The van der Waals surface area contributed by atoms with Crippen molar-refractivity contribution in [3.8, 4) is 0 Å². The molecule has 2 nitrogen and oxygen atoms in total. The van der Waals surface area contributed by atoms with Gasteiger partial charge in [0, 0.05) is 18.5 Å². The zero-order valence-corrected chi connectivity index (χ0v) is 14.5. The average Bonchev–Trinajstić information content (AvgIpc) is 2.88. The summed E-state index contributed by atoms with van der Waals surface area (Å²) in [6, 6.07) is 0.205. The molecule has 2 aliphatic carbocycles. The van der Waals surface area contributed by atoms with E-state index in [-0.39, 0.29) is 11.6 Å². The van der Waals surface area contributed by atoms with Gasteiger partial charge in [0.2, 0.25) is 0 Å². The van der Waals surface area contributed by atoms with Crippen LogP contribution in [0.4, 0.5) is 0 Å². The SMILES string of the molecule is CCC(=O)[C@@H]1C[C@@]2(CC2C2CCCC2)CN1C(C)(C)CC. The van der Waals surface area contributed by atoms with Crippen molar-refractivity contribution in [2.75, 3.05) is 6.54 Å². The van der Waals surface area contributed by atoms with E-state index in [0.29, 0.717) is 17.6 Å². The fraction of sp³-hybridized carbons (Fsp3) is 0.947. The van der Waals surface area contributed by atoms with Gasteiger partial charge in [-0.2, -0.15) is 0 Å². The summed E-state index contributed by atoms with van der Waals surface area (Å²) in [5.74, 6) is 2.39. The third kappa shape index (κ3) is 2.58. The fourth-order valence-electron chi connectivity index (χ4n) is 5.19. The summed E-state index contributed by atoms with van der Waals surface area (Å²) in [6.45, 7) is 10.1. The molecule has 0 aromatic rings. The smallest absolute Gasteiger partial charge is 0.149 e. The Morgan fingerprint density at radius 3 is 2.43 bits per heavy atom. The van der Waals surface area contributed by atoms with Crippen LogP contribution in [-0.2, 0) is 4.79 Å². The lowest BCUT2D eigenvalue weighted by atomic mass is 9.90. The Morgan fingerprint density at radius 2 is 1.86 bits per heavy atom. The van der Waals surface area contributed by atoms with Gasteiger partial charge in [0.15, 0.2) is 0 Å². The molecule has 21 heavy (non-hydrogen) atoms. The van der Waals surface area contributed by atoms with E-state index >= 15 is 0 Å². The number of hydrogen-bond donors (Lipinski definition) is 0. The second-order valence-corrected chi connectivity index (χ2v) is 8.55. The number of ketones is 1. The first-order chi connectivity index (χ1) is 9.93. The second kappa shape index (κ2) is 5.37. The van der Waals surface area contributed by atoms with Gasteiger partial charge >= 0.3 is 0 Å². The van der Waals surface area contributed by atoms with Crippen molar-refractivity contribution in [1.29, 1.82) is 0 Å². The number of nitrogens with zero attached hydrogens (tertiary/aromatic N) is 1. The van der Waals surface area contributed by atoms with E-state index in [1.54, 1.807) is 0 Å². The molecule has 120 valence electrons. The van der Waals surface area contributed by atoms with Crippen LogP contribution in [0.5, 0.6) is 0 Å². The normalized spacial score (nSPS) is 37.5. The van der Waals surface area contributed by atoms with Gasteiger partial charge in [0.1, 0.15) is 5.78 Å². The van der Waals surface area contributed by atoms with Crippen LogP contribution in [0.15, 0.2) is 0 Å². The molecule has 0 aromatic heterocycles. The number of carbonyl (C=O) groups excluding carboxylic acids is 1. The van der Waals surface area contributed by atoms with E-state index in [2.05, 4.69) is 25.7 Å². The molecular formula is C19H33NO. The highest BCUT2D eigenvalue weighted by Gasteiger charge is 2.64. The van der Waals surface area contributed by atoms with Crippen molar-refractivity contribution in [3.05, 3.63) is 0 Å². The summed E-state index contributed by atoms with van der Waals surface area (Å²) in [5.41, 5.74) is 0.679. The van der Waals surface area contributed by atoms with E-state index in [1.165, 1.54) is 38.6 Å². The van der Waals surface area contributed by atoms with E-state index in [4.69, 9.17) is 0 Å². The minimum absolute atomic E-state index is 0.168. The van der Waals surface area contributed by atoms with Gasteiger partial charge in [0.05, 0.1) is 6.04 Å². The van der Waals surface area contributed by atoms with Gasteiger partial charge < -0.3 is 0 Å². The van der Waals surface area contributed by atoms with Gasteiger partial charge in [-0.05, 0) is 50.4 Å². The molecule has 3 fully saturated rings. The molecule has 1 unspecified atom stereocenters. The van der Waals surface area contributed by atoms with Crippen LogP contribution in [0.25, 0.3) is 0 Å². The van der Waals surface area contributed by atoms with E-state index in [1.807, 2.05) is 6.92 Å². The lowest BCUT2D eigenvalue weighted by Gasteiger charge is -2.38. The van der Waals surface area contributed by atoms with Crippen molar-refractivity contribution < 1.29 is 4.79 Å². The van der Waals surface area contributed by atoms with Crippen LogP contribution in [0, 0.1) is 17.3 Å². The van der Waals surface area contributed by atoms with Crippen molar-refractivity contribution >= 4 is 5.78 Å². The van der Waals surface area contributed by atoms with Crippen LogP contribution in [0.3, 0.4) is 0 Å². The molecule has 2 heteroatoms. The van der Waals surface area contributed by atoms with Crippen molar-refractivity contribution in [1.82, 2.24) is 4.90 Å². The summed E-state index contributed by atoms with van der Waals surface area (Å²) in [7, 11) is 0. The number of rotatable bonds is 5. The summed E-state index contributed by atoms with van der Waals surface area (Å²) < 4.78 is 0. The third-order valence-electron chi connectivity index (χ3n) is 7.05. The highest BCUT2D eigenvalue weighted by atomic mass is 16.1. The van der Waals surface area contributed by atoms with Crippen LogP contribution in [-0.4, -0.2) is 28.8 Å². The monoisotopic (exact) mass is 291 g/mol. The predicted molar refractivity (Wildman–Crippen MR) is 87.3 cm³/mol. The minimum atomic E-state index is 0.168. The Morgan fingerprint density at radius 1 is 1.19 bits per heavy atom. The van der Waals surface area contributed by atoms with Crippen molar-refractivity contribution in [3.63, 3.8) is 0 Å². The molecule has 0 bridgehead atoms. The summed E-state index contributed by atoms with van der Waals surface area (Å²) >= 11 is 0. The van der Waals surface area contributed by atoms with Crippen LogP contribution < -0.4 is 0 Å².